The molecule has 1 amide bonds. The Morgan fingerprint density at radius 2 is 1.84 bits per heavy atom. The molecule has 2 aromatic rings. The standard InChI is InChI=1S/C18H21N3O4/c1-13(2)10-20(12-17(23)24)18(25)15-8-9-16(22)21(19-15)11-14-6-4-3-5-7-14/h3-9,13H,10-12H2,1-2H3,(H,23,24). The monoisotopic (exact) mass is 343 g/mol. The Bertz CT molecular complexity index is 799. The van der Waals surface area contributed by atoms with Crippen molar-refractivity contribution in [2.24, 2.45) is 5.92 Å². The van der Waals surface area contributed by atoms with Crippen molar-refractivity contribution >= 4 is 11.9 Å². The zero-order chi connectivity index (χ0) is 18.4. The highest BCUT2D eigenvalue weighted by Crippen LogP contribution is 2.06. The lowest BCUT2D eigenvalue weighted by Crippen LogP contribution is -2.39. The van der Waals surface area contributed by atoms with E-state index in [0.717, 1.165) is 5.56 Å². The maximum atomic E-state index is 12.6. The van der Waals surface area contributed by atoms with E-state index in [1.807, 2.05) is 44.2 Å². The summed E-state index contributed by atoms with van der Waals surface area (Å²) >= 11 is 0. The van der Waals surface area contributed by atoms with Crippen molar-refractivity contribution in [2.75, 3.05) is 13.1 Å². The van der Waals surface area contributed by atoms with Gasteiger partial charge in [0, 0.05) is 12.6 Å². The van der Waals surface area contributed by atoms with Gasteiger partial charge >= 0.3 is 5.97 Å². The summed E-state index contributed by atoms with van der Waals surface area (Å²) in [5, 5.41) is 13.1. The van der Waals surface area contributed by atoms with Gasteiger partial charge in [-0.3, -0.25) is 14.4 Å². The molecular formula is C18H21N3O4. The Morgan fingerprint density at radius 1 is 1.16 bits per heavy atom. The van der Waals surface area contributed by atoms with Gasteiger partial charge in [-0.1, -0.05) is 44.2 Å². The number of benzene rings is 1. The molecule has 0 fully saturated rings. The third-order valence-corrected chi connectivity index (χ3v) is 3.46. The fraction of sp³-hybridized carbons (Fsp3) is 0.333. The third kappa shape index (κ3) is 5.27. The van der Waals surface area contributed by atoms with Gasteiger partial charge in [0.25, 0.3) is 11.5 Å². The summed E-state index contributed by atoms with van der Waals surface area (Å²) in [5.41, 5.74) is 0.609. The fourth-order valence-electron chi connectivity index (χ4n) is 2.42. The molecule has 0 aliphatic heterocycles. The van der Waals surface area contributed by atoms with E-state index in [1.165, 1.54) is 21.7 Å². The van der Waals surface area contributed by atoms with Crippen molar-refractivity contribution in [3.8, 4) is 0 Å². The SMILES string of the molecule is CC(C)CN(CC(=O)O)C(=O)c1ccc(=O)n(Cc2ccccc2)n1. The second-order valence-corrected chi connectivity index (χ2v) is 6.17. The number of rotatable bonds is 7. The van der Waals surface area contributed by atoms with E-state index in [1.54, 1.807) is 0 Å². The van der Waals surface area contributed by atoms with E-state index in [9.17, 15) is 14.4 Å². The van der Waals surface area contributed by atoms with Crippen LogP contribution in [0.3, 0.4) is 0 Å². The number of aliphatic carboxylic acids is 1. The number of hydrogen-bond donors (Lipinski definition) is 1. The average molecular weight is 343 g/mol. The minimum atomic E-state index is -1.09. The van der Waals surface area contributed by atoms with Crippen LogP contribution in [0.25, 0.3) is 0 Å². The first kappa shape index (κ1) is 18.4. The van der Waals surface area contributed by atoms with Crippen LogP contribution in [0.4, 0.5) is 0 Å². The predicted molar refractivity (Wildman–Crippen MR) is 92.4 cm³/mol. The first-order chi connectivity index (χ1) is 11.9. The molecule has 1 aromatic heterocycles. The topological polar surface area (TPSA) is 92.5 Å². The minimum Gasteiger partial charge on any atom is -0.480 e. The van der Waals surface area contributed by atoms with Gasteiger partial charge in [0.2, 0.25) is 0 Å². The molecule has 132 valence electrons. The van der Waals surface area contributed by atoms with Gasteiger partial charge in [0.05, 0.1) is 6.54 Å². The maximum Gasteiger partial charge on any atom is 0.323 e. The van der Waals surface area contributed by atoms with Crippen LogP contribution in [0.15, 0.2) is 47.3 Å². The van der Waals surface area contributed by atoms with Crippen LogP contribution in [0, 0.1) is 5.92 Å². The smallest absolute Gasteiger partial charge is 0.323 e. The van der Waals surface area contributed by atoms with E-state index >= 15 is 0 Å². The quantitative estimate of drug-likeness (QED) is 0.822. The maximum absolute atomic E-state index is 12.6. The lowest BCUT2D eigenvalue weighted by Gasteiger charge is -2.22. The van der Waals surface area contributed by atoms with Gasteiger partial charge in [-0.05, 0) is 17.5 Å². The third-order valence-electron chi connectivity index (χ3n) is 3.46. The molecule has 0 saturated heterocycles. The normalized spacial score (nSPS) is 10.7. The van der Waals surface area contributed by atoms with Crippen LogP contribution >= 0.6 is 0 Å². The van der Waals surface area contributed by atoms with Gasteiger partial charge < -0.3 is 10.0 Å². The summed E-state index contributed by atoms with van der Waals surface area (Å²) in [6.45, 7) is 3.92. The molecule has 0 aliphatic carbocycles. The van der Waals surface area contributed by atoms with Crippen molar-refractivity contribution in [3.63, 3.8) is 0 Å². The van der Waals surface area contributed by atoms with Crippen molar-refractivity contribution in [1.29, 1.82) is 0 Å². The number of nitrogens with zero attached hydrogens (tertiary/aromatic N) is 3. The average Bonchev–Trinajstić information content (AvgIpc) is 2.56. The van der Waals surface area contributed by atoms with Gasteiger partial charge in [0.15, 0.2) is 0 Å². The first-order valence-electron chi connectivity index (χ1n) is 8.00. The van der Waals surface area contributed by atoms with Crippen LogP contribution in [0.1, 0.15) is 29.9 Å². The van der Waals surface area contributed by atoms with Crippen LogP contribution < -0.4 is 5.56 Å². The summed E-state index contributed by atoms with van der Waals surface area (Å²) in [4.78, 5) is 36.9. The Labute approximate surface area is 145 Å². The van der Waals surface area contributed by atoms with Crippen molar-refractivity contribution in [2.45, 2.75) is 20.4 Å². The van der Waals surface area contributed by atoms with Crippen LogP contribution in [-0.4, -0.2) is 44.8 Å². The summed E-state index contributed by atoms with van der Waals surface area (Å²) in [5.74, 6) is -1.48. The molecule has 0 unspecified atom stereocenters. The van der Waals surface area contributed by atoms with Gasteiger partial charge in [-0.2, -0.15) is 5.10 Å². The van der Waals surface area contributed by atoms with E-state index in [0.29, 0.717) is 6.54 Å². The van der Waals surface area contributed by atoms with Crippen LogP contribution in [-0.2, 0) is 11.3 Å². The van der Waals surface area contributed by atoms with Crippen LogP contribution in [0.5, 0.6) is 0 Å². The largest absolute Gasteiger partial charge is 0.480 e. The molecule has 0 spiro atoms. The Balaban J connectivity index is 2.28. The Hall–Kier alpha value is -2.96. The summed E-state index contributed by atoms with van der Waals surface area (Å²) in [7, 11) is 0. The van der Waals surface area contributed by atoms with E-state index in [-0.39, 0.29) is 23.7 Å². The fourth-order valence-corrected chi connectivity index (χ4v) is 2.42. The molecule has 7 heteroatoms. The molecule has 0 radical (unpaired) electrons. The number of amides is 1. The van der Waals surface area contributed by atoms with Crippen molar-refractivity contribution in [1.82, 2.24) is 14.7 Å². The lowest BCUT2D eigenvalue weighted by atomic mass is 10.2. The zero-order valence-electron chi connectivity index (χ0n) is 14.3. The number of carbonyl (C=O) groups excluding carboxylic acids is 1. The first-order valence-corrected chi connectivity index (χ1v) is 8.00. The number of carbonyl (C=O) groups is 2. The molecule has 0 aliphatic rings. The van der Waals surface area contributed by atoms with E-state index in [4.69, 9.17) is 5.11 Å². The second-order valence-electron chi connectivity index (χ2n) is 6.17. The van der Waals surface area contributed by atoms with E-state index in [2.05, 4.69) is 5.10 Å². The zero-order valence-corrected chi connectivity index (χ0v) is 14.3. The highest BCUT2D eigenvalue weighted by Gasteiger charge is 2.21. The summed E-state index contributed by atoms with van der Waals surface area (Å²) < 4.78 is 1.21. The lowest BCUT2D eigenvalue weighted by molar-refractivity contribution is -0.137. The summed E-state index contributed by atoms with van der Waals surface area (Å²) in [6, 6.07) is 11.9. The minimum absolute atomic E-state index is 0.0532. The van der Waals surface area contributed by atoms with Gasteiger partial charge in [-0.25, -0.2) is 4.68 Å². The number of carboxylic acids is 1. The Kier molecular flexibility index (Phi) is 6.05. The number of aromatic nitrogens is 2. The highest BCUT2D eigenvalue weighted by atomic mass is 16.4. The van der Waals surface area contributed by atoms with Gasteiger partial charge in [0.1, 0.15) is 12.2 Å². The molecule has 0 bridgehead atoms. The van der Waals surface area contributed by atoms with E-state index < -0.39 is 18.4 Å². The molecule has 25 heavy (non-hydrogen) atoms. The number of carboxylic acid groups (broad SMARTS) is 1. The van der Waals surface area contributed by atoms with Crippen molar-refractivity contribution in [3.05, 3.63) is 64.1 Å². The molecule has 7 nitrogen and oxygen atoms in total. The molecule has 1 N–H and O–H groups in total. The predicted octanol–water partition coefficient (Wildman–Crippen LogP) is 1.47. The van der Waals surface area contributed by atoms with Crippen molar-refractivity contribution < 1.29 is 14.7 Å². The molecule has 0 atom stereocenters. The van der Waals surface area contributed by atoms with Gasteiger partial charge in [-0.15, -0.1) is 0 Å². The second kappa shape index (κ2) is 8.23. The molecule has 2 rings (SSSR count). The Morgan fingerprint density at radius 3 is 2.44 bits per heavy atom. The molecule has 1 heterocycles. The van der Waals surface area contributed by atoms with Crippen LogP contribution in [0.2, 0.25) is 0 Å². The molecule has 0 saturated carbocycles. The number of hydrogen-bond acceptors (Lipinski definition) is 4. The summed E-state index contributed by atoms with van der Waals surface area (Å²) in [6.07, 6.45) is 0. The molecular weight excluding hydrogens is 322 g/mol. The highest BCUT2D eigenvalue weighted by molar-refractivity contribution is 5.93. The molecule has 1 aromatic carbocycles.